The number of aromatic nitrogens is 1. The van der Waals surface area contributed by atoms with Crippen molar-refractivity contribution in [2.24, 2.45) is 5.92 Å². The lowest BCUT2D eigenvalue weighted by Crippen LogP contribution is -2.44. The first-order chi connectivity index (χ1) is 15.9. The van der Waals surface area contributed by atoms with E-state index in [2.05, 4.69) is 15.8 Å². The predicted molar refractivity (Wildman–Crippen MR) is 123 cm³/mol. The Bertz CT molecular complexity index is 1130. The van der Waals surface area contributed by atoms with E-state index in [1.807, 2.05) is 31.2 Å². The van der Waals surface area contributed by atoms with E-state index in [1.165, 1.54) is 12.1 Å². The van der Waals surface area contributed by atoms with Crippen LogP contribution in [-0.2, 0) is 0 Å². The molecule has 3 aromatic rings. The minimum atomic E-state index is -0.357. The first kappa shape index (κ1) is 22.5. The number of nitrogens with zero attached hydrogens (tertiary/aromatic N) is 2. The third-order valence-electron chi connectivity index (χ3n) is 5.86. The van der Waals surface area contributed by atoms with Gasteiger partial charge >= 0.3 is 6.03 Å². The van der Waals surface area contributed by atoms with Gasteiger partial charge in [-0.15, -0.1) is 0 Å². The number of carbonyl (C=O) groups excluding carboxylic acids is 2. The van der Waals surface area contributed by atoms with Gasteiger partial charge in [-0.05, 0) is 69.0 Å². The largest absolute Gasteiger partial charge is 0.360 e. The van der Waals surface area contributed by atoms with E-state index in [0.29, 0.717) is 42.2 Å². The SMILES string of the molecule is Cc1ccc(NC(=O)NCC2CCCN(C(=O)c3c(-c4ccc(F)cc4)noc3C)C2)cc1. The molecule has 1 aliphatic rings. The number of rotatable bonds is 5. The molecule has 33 heavy (non-hydrogen) atoms. The second-order valence-electron chi connectivity index (χ2n) is 8.43. The fourth-order valence-electron chi connectivity index (χ4n) is 4.05. The number of anilines is 1. The molecular formula is C25H27FN4O3. The maximum atomic E-state index is 13.3. The van der Waals surface area contributed by atoms with E-state index in [-0.39, 0.29) is 23.7 Å². The van der Waals surface area contributed by atoms with Gasteiger partial charge in [0.2, 0.25) is 0 Å². The number of hydrogen-bond acceptors (Lipinski definition) is 4. The Labute approximate surface area is 192 Å². The number of urea groups is 1. The first-order valence-corrected chi connectivity index (χ1v) is 11.0. The van der Waals surface area contributed by atoms with Crippen molar-refractivity contribution >= 4 is 17.6 Å². The van der Waals surface area contributed by atoms with Crippen LogP contribution in [0.25, 0.3) is 11.3 Å². The van der Waals surface area contributed by atoms with E-state index in [1.54, 1.807) is 24.0 Å². The van der Waals surface area contributed by atoms with E-state index in [4.69, 9.17) is 4.52 Å². The fourth-order valence-corrected chi connectivity index (χ4v) is 4.05. The number of nitrogens with one attached hydrogen (secondary N) is 2. The van der Waals surface area contributed by atoms with Gasteiger partial charge in [-0.1, -0.05) is 22.9 Å². The Hall–Kier alpha value is -3.68. The molecule has 1 fully saturated rings. The van der Waals surface area contributed by atoms with Gasteiger partial charge in [0.1, 0.15) is 22.8 Å². The molecule has 8 heteroatoms. The van der Waals surface area contributed by atoms with Crippen molar-refractivity contribution in [3.8, 4) is 11.3 Å². The maximum Gasteiger partial charge on any atom is 0.319 e. The molecule has 3 amide bonds. The molecule has 2 heterocycles. The summed E-state index contributed by atoms with van der Waals surface area (Å²) >= 11 is 0. The minimum Gasteiger partial charge on any atom is -0.360 e. The Kier molecular flexibility index (Phi) is 6.72. The molecule has 0 bridgehead atoms. The van der Waals surface area contributed by atoms with Gasteiger partial charge in [0.25, 0.3) is 5.91 Å². The van der Waals surface area contributed by atoms with Crippen molar-refractivity contribution in [3.63, 3.8) is 0 Å². The number of hydrogen-bond donors (Lipinski definition) is 2. The molecular weight excluding hydrogens is 423 g/mol. The molecule has 1 atom stereocenters. The van der Waals surface area contributed by atoms with Crippen molar-refractivity contribution in [1.29, 1.82) is 0 Å². The van der Waals surface area contributed by atoms with Crippen LogP contribution in [-0.4, -0.2) is 41.6 Å². The van der Waals surface area contributed by atoms with E-state index >= 15 is 0 Å². The number of likely N-dealkylation sites (tertiary alicyclic amines) is 1. The minimum absolute atomic E-state index is 0.140. The van der Waals surface area contributed by atoms with Gasteiger partial charge in [0, 0.05) is 30.9 Å². The molecule has 0 saturated carbocycles. The summed E-state index contributed by atoms with van der Waals surface area (Å²) in [6.45, 7) is 5.31. The van der Waals surface area contributed by atoms with Gasteiger partial charge in [-0.25, -0.2) is 9.18 Å². The zero-order valence-electron chi connectivity index (χ0n) is 18.7. The quantitative estimate of drug-likeness (QED) is 0.586. The molecule has 172 valence electrons. The van der Waals surface area contributed by atoms with Crippen LogP contribution in [0.15, 0.2) is 53.1 Å². The highest BCUT2D eigenvalue weighted by Gasteiger charge is 2.30. The molecule has 2 aromatic carbocycles. The topological polar surface area (TPSA) is 87.5 Å². The first-order valence-electron chi connectivity index (χ1n) is 11.0. The highest BCUT2D eigenvalue weighted by atomic mass is 19.1. The van der Waals surface area contributed by atoms with E-state index in [9.17, 15) is 14.0 Å². The number of piperidine rings is 1. The van der Waals surface area contributed by atoms with Crippen LogP contribution in [0.4, 0.5) is 14.9 Å². The second kappa shape index (κ2) is 9.85. The summed E-state index contributed by atoms with van der Waals surface area (Å²) in [5, 5.41) is 9.78. The summed E-state index contributed by atoms with van der Waals surface area (Å²) in [5.74, 6) is 0.0458. The summed E-state index contributed by atoms with van der Waals surface area (Å²) < 4.78 is 18.6. The smallest absolute Gasteiger partial charge is 0.319 e. The van der Waals surface area contributed by atoms with Gasteiger partial charge in [0.05, 0.1) is 0 Å². The van der Waals surface area contributed by atoms with Crippen LogP contribution in [0.5, 0.6) is 0 Å². The highest BCUT2D eigenvalue weighted by Crippen LogP contribution is 2.28. The summed E-state index contributed by atoms with van der Waals surface area (Å²) in [5.41, 5.74) is 3.29. The third-order valence-corrected chi connectivity index (χ3v) is 5.86. The Balaban J connectivity index is 1.38. The van der Waals surface area contributed by atoms with Crippen LogP contribution in [0.2, 0.25) is 0 Å². The van der Waals surface area contributed by atoms with Crippen molar-refractivity contribution in [3.05, 3.63) is 71.2 Å². The normalized spacial score (nSPS) is 15.8. The molecule has 2 N–H and O–H groups in total. The predicted octanol–water partition coefficient (Wildman–Crippen LogP) is 4.77. The van der Waals surface area contributed by atoms with Gasteiger partial charge in [-0.2, -0.15) is 0 Å². The molecule has 0 radical (unpaired) electrons. The zero-order chi connectivity index (χ0) is 23.4. The average molecular weight is 451 g/mol. The maximum absolute atomic E-state index is 13.3. The Morgan fingerprint density at radius 1 is 1.12 bits per heavy atom. The fraction of sp³-hybridized carbons (Fsp3) is 0.320. The molecule has 4 rings (SSSR count). The molecule has 7 nitrogen and oxygen atoms in total. The molecule has 1 unspecified atom stereocenters. The third kappa shape index (κ3) is 5.39. The number of amides is 3. The summed E-state index contributed by atoms with van der Waals surface area (Å²) in [4.78, 5) is 27.4. The molecule has 0 spiro atoms. The van der Waals surface area contributed by atoms with Crippen LogP contribution in [0.1, 0.15) is 34.5 Å². The van der Waals surface area contributed by atoms with Crippen molar-refractivity contribution in [1.82, 2.24) is 15.4 Å². The highest BCUT2D eigenvalue weighted by molar-refractivity contribution is 6.00. The van der Waals surface area contributed by atoms with Crippen molar-refractivity contribution < 1.29 is 18.5 Å². The number of carbonyl (C=O) groups is 2. The van der Waals surface area contributed by atoms with Crippen LogP contribution >= 0.6 is 0 Å². The van der Waals surface area contributed by atoms with Gasteiger partial charge in [-0.3, -0.25) is 4.79 Å². The second-order valence-corrected chi connectivity index (χ2v) is 8.43. The number of halogens is 1. The Morgan fingerprint density at radius 2 is 1.85 bits per heavy atom. The molecule has 1 aliphatic heterocycles. The van der Waals surface area contributed by atoms with Gasteiger partial charge in [0.15, 0.2) is 0 Å². The van der Waals surface area contributed by atoms with E-state index in [0.717, 1.165) is 24.1 Å². The van der Waals surface area contributed by atoms with Crippen LogP contribution in [0, 0.1) is 25.6 Å². The summed E-state index contributed by atoms with van der Waals surface area (Å²) in [7, 11) is 0. The van der Waals surface area contributed by atoms with E-state index < -0.39 is 0 Å². The number of aryl methyl sites for hydroxylation is 2. The lowest BCUT2D eigenvalue weighted by atomic mass is 9.96. The van der Waals surface area contributed by atoms with Gasteiger partial charge < -0.3 is 20.1 Å². The monoisotopic (exact) mass is 450 g/mol. The van der Waals surface area contributed by atoms with Crippen molar-refractivity contribution in [2.75, 3.05) is 25.0 Å². The zero-order valence-corrected chi connectivity index (χ0v) is 18.7. The molecule has 0 aliphatic carbocycles. The summed E-state index contributed by atoms with van der Waals surface area (Å²) in [6, 6.07) is 13.1. The lowest BCUT2D eigenvalue weighted by Gasteiger charge is -2.33. The average Bonchev–Trinajstić information content (AvgIpc) is 3.20. The molecule has 1 aromatic heterocycles. The lowest BCUT2D eigenvalue weighted by molar-refractivity contribution is 0.0674. The van der Waals surface area contributed by atoms with Crippen LogP contribution in [0.3, 0.4) is 0 Å². The van der Waals surface area contributed by atoms with Crippen LogP contribution < -0.4 is 10.6 Å². The number of benzene rings is 2. The molecule has 1 saturated heterocycles. The van der Waals surface area contributed by atoms with Crippen molar-refractivity contribution in [2.45, 2.75) is 26.7 Å². The Morgan fingerprint density at radius 3 is 2.58 bits per heavy atom. The summed E-state index contributed by atoms with van der Waals surface area (Å²) in [6.07, 6.45) is 1.76. The standard InChI is InChI=1S/C25H27FN4O3/c1-16-5-11-21(12-6-16)28-25(32)27-14-18-4-3-13-30(15-18)24(31)22-17(2)33-29-23(22)19-7-9-20(26)10-8-19/h5-12,18H,3-4,13-15H2,1-2H3,(H2,27,28,32).